The van der Waals surface area contributed by atoms with Gasteiger partial charge in [-0.2, -0.15) is 0 Å². The Hall–Kier alpha value is -3.79. The van der Waals surface area contributed by atoms with Gasteiger partial charge in [-0.3, -0.25) is 14.4 Å². The average Bonchev–Trinajstić information content (AvgIpc) is 3.02. The SMILES string of the molecule is CNC(=O)c1ccc(N2C(=O)[C@@H]3[C@@H]4C(=C(N)S[C@H]3C2=O)C(=O)Oc2cc(O)ccc24)cc1. The molecule has 0 spiro atoms. The van der Waals surface area contributed by atoms with Gasteiger partial charge in [0.2, 0.25) is 11.8 Å². The second-order valence-corrected chi connectivity index (χ2v) is 8.75. The molecule has 1 fully saturated rings. The zero-order valence-electron chi connectivity index (χ0n) is 16.7. The van der Waals surface area contributed by atoms with Crippen molar-refractivity contribution in [1.29, 1.82) is 0 Å². The van der Waals surface area contributed by atoms with E-state index in [9.17, 15) is 24.3 Å². The molecule has 2 aromatic carbocycles. The smallest absolute Gasteiger partial charge is 0.342 e. The van der Waals surface area contributed by atoms with Crippen molar-refractivity contribution in [3.63, 3.8) is 0 Å². The van der Waals surface area contributed by atoms with Crippen molar-refractivity contribution in [3.05, 3.63) is 64.2 Å². The summed E-state index contributed by atoms with van der Waals surface area (Å²) in [6.45, 7) is 0. The van der Waals surface area contributed by atoms with Crippen LogP contribution in [0.5, 0.6) is 11.5 Å². The van der Waals surface area contributed by atoms with Gasteiger partial charge in [0.25, 0.3) is 5.91 Å². The number of carbonyl (C=O) groups excluding carboxylic acids is 4. The van der Waals surface area contributed by atoms with E-state index in [-0.39, 0.29) is 28.0 Å². The van der Waals surface area contributed by atoms with Gasteiger partial charge in [0, 0.05) is 30.2 Å². The molecule has 32 heavy (non-hydrogen) atoms. The lowest BCUT2D eigenvalue weighted by Gasteiger charge is -2.36. The van der Waals surface area contributed by atoms with Gasteiger partial charge in [-0.05, 0) is 30.3 Å². The molecule has 3 atom stereocenters. The molecule has 0 saturated carbocycles. The summed E-state index contributed by atoms with van der Waals surface area (Å²) in [5, 5.41) is 11.6. The van der Waals surface area contributed by atoms with Crippen LogP contribution in [0.25, 0.3) is 0 Å². The molecule has 0 aromatic heterocycles. The Bertz CT molecular complexity index is 1240. The lowest BCUT2D eigenvalue weighted by Crippen LogP contribution is -2.39. The normalized spacial score (nSPS) is 24.0. The highest BCUT2D eigenvalue weighted by atomic mass is 32.2. The van der Waals surface area contributed by atoms with E-state index in [0.29, 0.717) is 16.8 Å². The zero-order chi connectivity index (χ0) is 22.7. The second kappa shape index (κ2) is 7.13. The number of ether oxygens (including phenoxy) is 1. The molecule has 3 amide bonds. The number of imide groups is 1. The second-order valence-electron chi connectivity index (χ2n) is 7.57. The molecule has 2 aromatic rings. The van der Waals surface area contributed by atoms with Crippen LogP contribution in [0.1, 0.15) is 21.8 Å². The van der Waals surface area contributed by atoms with Gasteiger partial charge in [-0.1, -0.05) is 17.8 Å². The van der Waals surface area contributed by atoms with Crippen molar-refractivity contribution < 1.29 is 29.0 Å². The highest BCUT2D eigenvalue weighted by Gasteiger charge is 2.58. The van der Waals surface area contributed by atoms with Crippen LogP contribution in [-0.2, 0) is 14.4 Å². The Morgan fingerprint density at radius 2 is 1.84 bits per heavy atom. The number of hydrogen-bond acceptors (Lipinski definition) is 8. The minimum absolute atomic E-state index is 0.0923. The number of amides is 3. The number of fused-ring (bicyclic) bond motifs is 5. The fraction of sp³-hybridized carbons (Fsp3) is 0.182. The molecule has 0 unspecified atom stereocenters. The maximum atomic E-state index is 13.5. The molecule has 0 aliphatic carbocycles. The van der Waals surface area contributed by atoms with Gasteiger partial charge >= 0.3 is 5.97 Å². The third kappa shape index (κ3) is 2.79. The number of thioether (sulfide) groups is 1. The predicted octanol–water partition coefficient (Wildman–Crippen LogP) is 1.23. The van der Waals surface area contributed by atoms with Crippen LogP contribution in [0.2, 0.25) is 0 Å². The van der Waals surface area contributed by atoms with Crippen molar-refractivity contribution in [3.8, 4) is 11.5 Å². The third-order valence-electron chi connectivity index (χ3n) is 5.85. The maximum Gasteiger partial charge on any atom is 0.342 e. The molecule has 162 valence electrons. The number of anilines is 1. The number of esters is 1. The Morgan fingerprint density at radius 1 is 1.12 bits per heavy atom. The number of phenolic OH excluding ortho intramolecular Hbond substituents is 1. The van der Waals surface area contributed by atoms with Crippen LogP contribution in [0.4, 0.5) is 5.69 Å². The molecule has 10 heteroatoms. The number of hydrogen-bond donors (Lipinski definition) is 3. The molecular weight excluding hydrogens is 434 g/mol. The van der Waals surface area contributed by atoms with Crippen LogP contribution in [0, 0.1) is 5.92 Å². The van der Waals surface area contributed by atoms with Crippen molar-refractivity contribution in [1.82, 2.24) is 5.32 Å². The predicted molar refractivity (Wildman–Crippen MR) is 115 cm³/mol. The lowest BCUT2D eigenvalue weighted by atomic mass is 9.77. The fourth-order valence-corrected chi connectivity index (χ4v) is 5.64. The lowest BCUT2D eigenvalue weighted by molar-refractivity contribution is -0.131. The van der Waals surface area contributed by atoms with Crippen LogP contribution < -0.4 is 20.7 Å². The van der Waals surface area contributed by atoms with Crippen LogP contribution in [0.15, 0.2) is 53.1 Å². The van der Waals surface area contributed by atoms with Crippen molar-refractivity contribution in [2.45, 2.75) is 11.2 Å². The number of aromatic hydroxyl groups is 1. The van der Waals surface area contributed by atoms with Gasteiger partial charge in [-0.25, -0.2) is 9.69 Å². The van der Waals surface area contributed by atoms with E-state index in [1.165, 1.54) is 43.4 Å². The molecule has 1 saturated heterocycles. The Kier molecular flexibility index (Phi) is 4.48. The summed E-state index contributed by atoms with van der Waals surface area (Å²) in [5.74, 6) is -3.51. The number of carbonyl (C=O) groups is 4. The molecule has 5 rings (SSSR count). The van der Waals surface area contributed by atoms with Crippen molar-refractivity contribution in [2.24, 2.45) is 11.7 Å². The quantitative estimate of drug-likeness (QED) is 0.352. The molecule has 3 aliphatic rings. The Morgan fingerprint density at radius 3 is 2.53 bits per heavy atom. The van der Waals surface area contributed by atoms with Crippen LogP contribution >= 0.6 is 11.8 Å². The number of phenols is 1. The first-order valence-corrected chi connectivity index (χ1v) is 10.6. The van der Waals surface area contributed by atoms with Crippen LogP contribution in [0.3, 0.4) is 0 Å². The highest BCUT2D eigenvalue weighted by molar-refractivity contribution is 8.04. The number of nitrogens with zero attached hydrogens (tertiary/aromatic N) is 1. The minimum atomic E-state index is -0.871. The number of nitrogens with one attached hydrogen (secondary N) is 1. The number of benzene rings is 2. The molecule has 0 bridgehead atoms. The number of rotatable bonds is 2. The minimum Gasteiger partial charge on any atom is -0.508 e. The standard InChI is InChI=1S/C22H17N3O6S/c1-24-19(27)9-2-4-10(5-3-9)25-20(28)15-14-12-7-6-11(26)8-13(12)31-22(30)16(14)18(23)32-17(15)21(25)29/h2-8,14-15,17,26H,23H2,1H3,(H,24,27)/t14-,15-,17-/m1/s1. The first-order chi connectivity index (χ1) is 15.3. The Labute approximate surface area is 186 Å². The van der Waals surface area contributed by atoms with Crippen molar-refractivity contribution in [2.75, 3.05) is 11.9 Å². The third-order valence-corrected chi connectivity index (χ3v) is 7.08. The van der Waals surface area contributed by atoms with E-state index in [2.05, 4.69) is 5.32 Å². The van der Waals surface area contributed by atoms with Gasteiger partial charge in [0.1, 0.15) is 16.7 Å². The average molecular weight is 451 g/mol. The van der Waals surface area contributed by atoms with Gasteiger partial charge in [0.15, 0.2) is 0 Å². The van der Waals surface area contributed by atoms with E-state index in [4.69, 9.17) is 10.5 Å². The largest absolute Gasteiger partial charge is 0.508 e. The summed E-state index contributed by atoms with van der Waals surface area (Å²) >= 11 is 0.977. The van der Waals surface area contributed by atoms with E-state index in [1.807, 2.05) is 0 Å². The molecule has 3 heterocycles. The van der Waals surface area contributed by atoms with E-state index in [0.717, 1.165) is 16.7 Å². The summed E-state index contributed by atoms with van der Waals surface area (Å²) in [7, 11) is 1.51. The van der Waals surface area contributed by atoms with Gasteiger partial charge in [0.05, 0.1) is 22.2 Å². The van der Waals surface area contributed by atoms with E-state index in [1.54, 1.807) is 6.07 Å². The summed E-state index contributed by atoms with van der Waals surface area (Å²) < 4.78 is 5.32. The van der Waals surface area contributed by atoms with Crippen molar-refractivity contribution >= 4 is 41.1 Å². The topological polar surface area (TPSA) is 139 Å². The molecule has 4 N–H and O–H groups in total. The molecule has 0 radical (unpaired) electrons. The number of nitrogens with two attached hydrogens (primary N) is 1. The first kappa shape index (κ1) is 20.1. The fourth-order valence-electron chi connectivity index (χ4n) is 4.40. The van der Waals surface area contributed by atoms with Gasteiger partial charge in [-0.15, -0.1) is 0 Å². The zero-order valence-corrected chi connectivity index (χ0v) is 17.5. The first-order valence-electron chi connectivity index (χ1n) is 9.73. The monoisotopic (exact) mass is 451 g/mol. The molecule has 3 aliphatic heterocycles. The summed E-state index contributed by atoms with van der Waals surface area (Å²) in [5.41, 5.74) is 7.52. The molecular formula is C22H17N3O6S. The van der Waals surface area contributed by atoms with E-state index < -0.39 is 34.9 Å². The van der Waals surface area contributed by atoms with Crippen LogP contribution in [-0.4, -0.2) is 41.1 Å². The van der Waals surface area contributed by atoms with Gasteiger partial charge < -0.3 is 20.9 Å². The highest BCUT2D eigenvalue weighted by Crippen LogP contribution is 2.54. The maximum absolute atomic E-state index is 13.5. The molecule has 9 nitrogen and oxygen atoms in total. The summed E-state index contributed by atoms with van der Waals surface area (Å²) in [6.07, 6.45) is 0. The summed E-state index contributed by atoms with van der Waals surface area (Å²) in [4.78, 5) is 52.3. The summed E-state index contributed by atoms with van der Waals surface area (Å²) in [6, 6.07) is 10.4. The Balaban J connectivity index is 1.58. The van der Waals surface area contributed by atoms with E-state index >= 15 is 0 Å².